The van der Waals surface area contributed by atoms with E-state index < -0.39 is 10.2 Å². The van der Waals surface area contributed by atoms with Gasteiger partial charge in [0, 0.05) is 43.7 Å². The second-order valence-electron chi connectivity index (χ2n) is 7.57. The summed E-state index contributed by atoms with van der Waals surface area (Å²) in [6.45, 7) is 4.56. The Labute approximate surface area is 167 Å². The fraction of sp³-hybridized carbons (Fsp3) is 0.632. The SMILES string of the molecule is CC1CCN(S(=O)(=O)N2CCC(C(=O)NCc3ccccc3Cl)CC2)CC1. The summed E-state index contributed by atoms with van der Waals surface area (Å²) in [6, 6.07) is 7.43. The Balaban J connectivity index is 1.49. The third kappa shape index (κ3) is 5.02. The number of nitrogens with zero attached hydrogens (tertiary/aromatic N) is 2. The molecule has 0 radical (unpaired) electrons. The number of halogens is 1. The van der Waals surface area contributed by atoms with Crippen LogP contribution in [0.1, 0.15) is 38.2 Å². The van der Waals surface area contributed by atoms with Gasteiger partial charge in [0.1, 0.15) is 0 Å². The molecule has 27 heavy (non-hydrogen) atoms. The maximum atomic E-state index is 12.8. The van der Waals surface area contributed by atoms with E-state index in [1.165, 1.54) is 0 Å². The number of piperidine rings is 2. The molecule has 150 valence electrons. The molecule has 3 rings (SSSR count). The molecule has 2 saturated heterocycles. The van der Waals surface area contributed by atoms with Crippen LogP contribution in [0.4, 0.5) is 0 Å². The Morgan fingerprint density at radius 3 is 2.22 bits per heavy atom. The van der Waals surface area contributed by atoms with Gasteiger partial charge in [0.05, 0.1) is 0 Å². The molecule has 8 heteroatoms. The first-order valence-electron chi connectivity index (χ1n) is 9.64. The molecule has 2 heterocycles. The first kappa shape index (κ1) is 20.6. The summed E-state index contributed by atoms with van der Waals surface area (Å²) in [5, 5.41) is 3.56. The summed E-state index contributed by atoms with van der Waals surface area (Å²) in [7, 11) is -3.40. The molecule has 0 spiro atoms. The lowest BCUT2D eigenvalue weighted by Crippen LogP contribution is -2.50. The summed E-state index contributed by atoms with van der Waals surface area (Å²) in [4.78, 5) is 12.4. The van der Waals surface area contributed by atoms with Crippen LogP contribution in [0.5, 0.6) is 0 Å². The van der Waals surface area contributed by atoms with Crippen LogP contribution in [0.15, 0.2) is 24.3 Å². The lowest BCUT2D eigenvalue weighted by Gasteiger charge is -2.37. The molecule has 0 unspecified atom stereocenters. The van der Waals surface area contributed by atoms with E-state index in [9.17, 15) is 13.2 Å². The normalized spacial score (nSPS) is 21.3. The zero-order valence-electron chi connectivity index (χ0n) is 15.7. The van der Waals surface area contributed by atoms with Gasteiger partial charge in [-0.25, -0.2) is 0 Å². The van der Waals surface area contributed by atoms with Gasteiger partial charge in [0.15, 0.2) is 0 Å². The van der Waals surface area contributed by atoms with Crippen molar-refractivity contribution in [2.45, 2.75) is 39.2 Å². The number of rotatable bonds is 5. The molecule has 2 fully saturated rings. The van der Waals surface area contributed by atoms with Gasteiger partial charge in [-0.05, 0) is 43.2 Å². The molecular weight excluding hydrogens is 386 g/mol. The molecule has 1 N–H and O–H groups in total. The van der Waals surface area contributed by atoms with Crippen LogP contribution in [0.25, 0.3) is 0 Å². The van der Waals surface area contributed by atoms with Gasteiger partial charge in [-0.1, -0.05) is 36.7 Å². The Morgan fingerprint density at radius 2 is 1.63 bits per heavy atom. The predicted molar refractivity (Wildman–Crippen MR) is 106 cm³/mol. The first-order valence-corrected chi connectivity index (χ1v) is 11.4. The van der Waals surface area contributed by atoms with E-state index in [2.05, 4.69) is 12.2 Å². The molecule has 6 nitrogen and oxygen atoms in total. The maximum Gasteiger partial charge on any atom is 0.281 e. The molecule has 0 aromatic heterocycles. The lowest BCUT2D eigenvalue weighted by molar-refractivity contribution is -0.126. The van der Waals surface area contributed by atoms with Crippen LogP contribution >= 0.6 is 11.6 Å². The molecule has 0 bridgehead atoms. The van der Waals surface area contributed by atoms with Crippen LogP contribution in [-0.2, 0) is 21.5 Å². The minimum atomic E-state index is -3.40. The van der Waals surface area contributed by atoms with Gasteiger partial charge in [-0.2, -0.15) is 17.0 Å². The van der Waals surface area contributed by atoms with Crippen LogP contribution in [0.3, 0.4) is 0 Å². The summed E-state index contributed by atoms with van der Waals surface area (Å²) >= 11 is 6.12. The fourth-order valence-corrected chi connectivity index (χ4v) is 5.57. The van der Waals surface area contributed by atoms with E-state index in [-0.39, 0.29) is 11.8 Å². The zero-order chi connectivity index (χ0) is 19.4. The number of carbonyl (C=O) groups is 1. The smallest absolute Gasteiger partial charge is 0.281 e. The second-order valence-corrected chi connectivity index (χ2v) is 9.91. The minimum Gasteiger partial charge on any atom is -0.352 e. The minimum absolute atomic E-state index is 0.0289. The number of carbonyl (C=O) groups excluding carboxylic acids is 1. The third-order valence-electron chi connectivity index (χ3n) is 5.63. The van der Waals surface area contributed by atoms with Gasteiger partial charge in [-0.3, -0.25) is 4.79 Å². The molecule has 0 atom stereocenters. The van der Waals surface area contributed by atoms with Crippen LogP contribution in [0.2, 0.25) is 5.02 Å². The topological polar surface area (TPSA) is 69.7 Å². The quantitative estimate of drug-likeness (QED) is 0.806. The summed E-state index contributed by atoms with van der Waals surface area (Å²) in [5.41, 5.74) is 0.881. The number of nitrogens with one attached hydrogen (secondary N) is 1. The Kier molecular flexibility index (Phi) is 6.78. The molecule has 1 aromatic carbocycles. The van der Waals surface area contributed by atoms with E-state index in [0.717, 1.165) is 18.4 Å². The average molecular weight is 414 g/mol. The highest BCUT2D eigenvalue weighted by Gasteiger charge is 2.35. The molecule has 1 amide bonds. The Bertz CT molecular complexity index is 755. The maximum absolute atomic E-state index is 12.8. The van der Waals surface area contributed by atoms with Crippen molar-refractivity contribution in [3.63, 3.8) is 0 Å². The highest BCUT2D eigenvalue weighted by Crippen LogP contribution is 2.25. The number of hydrogen-bond donors (Lipinski definition) is 1. The van der Waals surface area contributed by atoms with E-state index in [1.807, 2.05) is 18.2 Å². The van der Waals surface area contributed by atoms with Crippen molar-refractivity contribution in [1.29, 1.82) is 0 Å². The van der Waals surface area contributed by atoms with E-state index in [0.29, 0.717) is 56.5 Å². The first-order chi connectivity index (χ1) is 12.9. The van der Waals surface area contributed by atoms with Crippen LogP contribution < -0.4 is 5.32 Å². The summed E-state index contributed by atoms with van der Waals surface area (Å²) < 4.78 is 28.8. The molecule has 1 aromatic rings. The van der Waals surface area contributed by atoms with E-state index >= 15 is 0 Å². The van der Waals surface area contributed by atoms with Crippen LogP contribution in [0, 0.1) is 11.8 Å². The Hall–Kier alpha value is -1.15. The van der Waals surface area contributed by atoms with Crippen molar-refractivity contribution >= 4 is 27.7 Å². The van der Waals surface area contributed by atoms with Gasteiger partial charge < -0.3 is 5.32 Å². The monoisotopic (exact) mass is 413 g/mol. The lowest BCUT2D eigenvalue weighted by atomic mass is 9.97. The van der Waals surface area contributed by atoms with Gasteiger partial charge in [0.25, 0.3) is 10.2 Å². The molecule has 0 saturated carbocycles. The zero-order valence-corrected chi connectivity index (χ0v) is 17.3. The van der Waals surface area contributed by atoms with Gasteiger partial charge in [0.2, 0.25) is 5.91 Å². The standard InChI is InChI=1S/C19H28ClN3O3S/c1-15-6-10-22(11-7-15)27(25,26)23-12-8-16(9-13-23)19(24)21-14-17-4-2-3-5-18(17)20/h2-5,15-16H,6-14H2,1H3,(H,21,24). The third-order valence-corrected chi connectivity index (χ3v) is 8.03. The fourth-order valence-electron chi connectivity index (χ4n) is 3.70. The number of benzene rings is 1. The van der Waals surface area contributed by atoms with Crippen molar-refractivity contribution in [2.24, 2.45) is 11.8 Å². The van der Waals surface area contributed by atoms with Crippen molar-refractivity contribution in [2.75, 3.05) is 26.2 Å². The second kappa shape index (κ2) is 8.90. The number of amides is 1. The van der Waals surface area contributed by atoms with E-state index in [4.69, 9.17) is 11.6 Å². The van der Waals surface area contributed by atoms with Crippen molar-refractivity contribution in [3.8, 4) is 0 Å². The molecular formula is C19H28ClN3O3S. The van der Waals surface area contributed by atoms with Crippen molar-refractivity contribution in [1.82, 2.24) is 13.9 Å². The van der Waals surface area contributed by atoms with Crippen LogP contribution in [-0.4, -0.2) is 49.1 Å². The summed E-state index contributed by atoms with van der Waals surface area (Å²) in [6.07, 6.45) is 2.94. The Morgan fingerprint density at radius 1 is 1.07 bits per heavy atom. The van der Waals surface area contributed by atoms with Crippen molar-refractivity contribution < 1.29 is 13.2 Å². The highest BCUT2D eigenvalue weighted by molar-refractivity contribution is 7.86. The van der Waals surface area contributed by atoms with Gasteiger partial charge >= 0.3 is 0 Å². The predicted octanol–water partition coefficient (Wildman–Crippen LogP) is 2.64. The molecule has 0 aliphatic carbocycles. The van der Waals surface area contributed by atoms with Gasteiger partial charge in [-0.15, -0.1) is 0 Å². The average Bonchev–Trinajstić information content (AvgIpc) is 2.67. The highest BCUT2D eigenvalue weighted by atomic mass is 35.5. The van der Waals surface area contributed by atoms with Crippen molar-refractivity contribution in [3.05, 3.63) is 34.9 Å². The largest absolute Gasteiger partial charge is 0.352 e. The van der Waals surface area contributed by atoms with E-state index in [1.54, 1.807) is 14.7 Å². The molecule has 2 aliphatic heterocycles. The molecule has 2 aliphatic rings. The number of hydrogen-bond acceptors (Lipinski definition) is 3. The summed E-state index contributed by atoms with van der Waals surface area (Å²) in [5.74, 6) is 0.406.